The molecule has 2 aromatic carbocycles. The molecule has 1 unspecified atom stereocenters. The average molecular weight is 352 g/mol. The number of para-hydroxylation sites is 1. The van der Waals surface area contributed by atoms with Crippen LogP contribution in [0.5, 0.6) is 0 Å². The van der Waals surface area contributed by atoms with Crippen molar-refractivity contribution in [2.45, 2.75) is 52.5 Å². The van der Waals surface area contributed by atoms with Crippen molar-refractivity contribution in [3.8, 4) is 0 Å². The summed E-state index contributed by atoms with van der Waals surface area (Å²) in [5.74, 6) is -1.29. The van der Waals surface area contributed by atoms with Crippen LogP contribution in [0.1, 0.15) is 57.4 Å². The Kier molecular flexibility index (Phi) is 6.19. The fraction of sp³-hybridized carbons (Fsp3) is 0.364. The van der Waals surface area contributed by atoms with E-state index >= 15 is 0 Å². The molecule has 0 aromatic heterocycles. The van der Waals surface area contributed by atoms with E-state index in [1.165, 1.54) is 5.56 Å². The molecule has 2 rings (SSSR count). The summed E-state index contributed by atoms with van der Waals surface area (Å²) < 4.78 is 0. The van der Waals surface area contributed by atoms with Gasteiger partial charge in [-0.3, -0.25) is 9.59 Å². The number of nitrogens with one attached hydrogen (secondary N) is 2. The predicted octanol–water partition coefficient (Wildman–Crippen LogP) is 4.36. The van der Waals surface area contributed by atoms with E-state index in [-0.39, 0.29) is 11.5 Å². The Morgan fingerprint density at radius 2 is 1.58 bits per heavy atom. The Morgan fingerprint density at radius 1 is 0.962 bits per heavy atom. The molecule has 0 heterocycles. The van der Waals surface area contributed by atoms with Gasteiger partial charge in [0, 0.05) is 5.69 Å². The van der Waals surface area contributed by atoms with E-state index in [1.54, 1.807) is 0 Å². The molecule has 0 aliphatic rings. The minimum Gasteiger partial charge on any atom is -0.341 e. The quantitative estimate of drug-likeness (QED) is 0.803. The molecule has 2 amide bonds. The standard InChI is InChI=1S/C22H28N2O2/c1-6-16-11-13-17(14-12-16)15(2)23-20(25)21(26)24-19-10-8-7-9-18(19)22(3,4)5/h7-15H,6H2,1-5H3,(H,23,25)(H,24,26). The Morgan fingerprint density at radius 3 is 2.15 bits per heavy atom. The van der Waals surface area contributed by atoms with Crippen molar-refractivity contribution in [3.63, 3.8) is 0 Å². The van der Waals surface area contributed by atoms with E-state index < -0.39 is 11.8 Å². The van der Waals surface area contributed by atoms with Gasteiger partial charge in [-0.15, -0.1) is 0 Å². The van der Waals surface area contributed by atoms with E-state index in [9.17, 15) is 9.59 Å². The van der Waals surface area contributed by atoms with E-state index in [0.717, 1.165) is 17.5 Å². The molecule has 2 aromatic rings. The largest absolute Gasteiger partial charge is 0.341 e. The minimum atomic E-state index is -0.654. The van der Waals surface area contributed by atoms with Crippen molar-refractivity contribution in [2.24, 2.45) is 0 Å². The van der Waals surface area contributed by atoms with Crippen LogP contribution in [0.2, 0.25) is 0 Å². The topological polar surface area (TPSA) is 58.2 Å². The van der Waals surface area contributed by atoms with Gasteiger partial charge < -0.3 is 10.6 Å². The van der Waals surface area contributed by atoms with Gasteiger partial charge in [-0.1, -0.05) is 70.2 Å². The van der Waals surface area contributed by atoms with Crippen LogP contribution in [0.3, 0.4) is 0 Å². The first-order valence-corrected chi connectivity index (χ1v) is 9.02. The van der Waals surface area contributed by atoms with Crippen LogP contribution in [0.4, 0.5) is 5.69 Å². The first-order chi connectivity index (χ1) is 12.2. The second-order valence-electron chi connectivity index (χ2n) is 7.54. The van der Waals surface area contributed by atoms with E-state index in [1.807, 2.05) is 55.5 Å². The summed E-state index contributed by atoms with van der Waals surface area (Å²) in [4.78, 5) is 24.6. The SMILES string of the molecule is CCc1ccc(C(C)NC(=O)C(=O)Nc2ccccc2C(C)(C)C)cc1. The second kappa shape index (κ2) is 8.17. The first kappa shape index (κ1) is 19.7. The number of aryl methyl sites for hydroxylation is 1. The molecule has 0 aliphatic carbocycles. The third-order valence-electron chi connectivity index (χ3n) is 4.43. The first-order valence-electron chi connectivity index (χ1n) is 9.02. The molecule has 26 heavy (non-hydrogen) atoms. The van der Waals surface area contributed by atoms with Gasteiger partial charge in [0.15, 0.2) is 0 Å². The zero-order valence-corrected chi connectivity index (χ0v) is 16.2. The van der Waals surface area contributed by atoms with Gasteiger partial charge in [0.2, 0.25) is 0 Å². The fourth-order valence-electron chi connectivity index (χ4n) is 2.81. The highest BCUT2D eigenvalue weighted by atomic mass is 16.2. The maximum atomic E-state index is 12.3. The highest BCUT2D eigenvalue weighted by Gasteiger charge is 2.22. The maximum absolute atomic E-state index is 12.3. The number of carbonyl (C=O) groups excluding carboxylic acids is 2. The summed E-state index contributed by atoms with van der Waals surface area (Å²) in [7, 11) is 0. The van der Waals surface area contributed by atoms with Crippen LogP contribution in [0.15, 0.2) is 48.5 Å². The smallest absolute Gasteiger partial charge is 0.313 e. The molecule has 0 saturated heterocycles. The van der Waals surface area contributed by atoms with E-state index in [0.29, 0.717) is 5.69 Å². The highest BCUT2D eigenvalue weighted by Crippen LogP contribution is 2.29. The van der Waals surface area contributed by atoms with Crippen LogP contribution in [-0.4, -0.2) is 11.8 Å². The van der Waals surface area contributed by atoms with Gasteiger partial charge >= 0.3 is 11.8 Å². The summed E-state index contributed by atoms with van der Waals surface area (Å²) in [6.45, 7) is 10.2. The molecule has 0 spiro atoms. The third kappa shape index (κ3) is 4.94. The maximum Gasteiger partial charge on any atom is 0.313 e. The molecule has 0 saturated carbocycles. The molecule has 0 fully saturated rings. The number of anilines is 1. The van der Waals surface area contributed by atoms with E-state index in [2.05, 4.69) is 38.3 Å². The van der Waals surface area contributed by atoms with E-state index in [4.69, 9.17) is 0 Å². The monoisotopic (exact) mass is 352 g/mol. The summed E-state index contributed by atoms with van der Waals surface area (Å²) in [5.41, 5.74) is 3.74. The van der Waals surface area contributed by atoms with Gasteiger partial charge in [-0.2, -0.15) is 0 Å². The normalized spacial score (nSPS) is 12.3. The van der Waals surface area contributed by atoms with Crippen molar-refractivity contribution in [3.05, 3.63) is 65.2 Å². The lowest BCUT2D eigenvalue weighted by Gasteiger charge is -2.23. The Bertz CT molecular complexity index is 773. The van der Waals surface area contributed by atoms with Crippen LogP contribution in [0.25, 0.3) is 0 Å². The minimum absolute atomic E-state index is 0.130. The molecule has 1 atom stereocenters. The number of hydrogen-bond acceptors (Lipinski definition) is 2. The third-order valence-corrected chi connectivity index (χ3v) is 4.43. The molecule has 138 valence electrons. The average Bonchev–Trinajstić information content (AvgIpc) is 2.61. The number of hydrogen-bond donors (Lipinski definition) is 2. The Labute approximate surface area is 156 Å². The zero-order valence-electron chi connectivity index (χ0n) is 16.2. The number of amides is 2. The number of carbonyl (C=O) groups is 2. The van der Waals surface area contributed by atoms with Crippen molar-refractivity contribution in [1.82, 2.24) is 5.32 Å². The van der Waals surface area contributed by atoms with Crippen molar-refractivity contribution in [2.75, 3.05) is 5.32 Å². The van der Waals surface area contributed by atoms with Crippen LogP contribution in [0, 0.1) is 0 Å². The summed E-state index contributed by atoms with van der Waals surface area (Å²) in [6.07, 6.45) is 0.969. The Balaban J connectivity index is 2.05. The molecule has 0 bridgehead atoms. The molecule has 4 heteroatoms. The van der Waals surface area contributed by atoms with Gasteiger partial charge in [0.1, 0.15) is 0 Å². The highest BCUT2D eigenvalue weighted by molar-refractivity contribution is 6.39. The molecular weight excluding hydrogens is 324 g/mol. The lowest BCUT2D eigenvalue weighted by atomic mass is 9.86. The zero-order chi connectivity index (χ0) is 19.3. The van der Waals surface area contributed by atoms with Gasteiger partial charge in [0.05, 0.1) is 6.04 Å². The summed E-state index contributed by atoms with van der Waals surface area (Å²) >= 11 is 0. The predicted molar refractivity (Wildman–Crippen MR) is 106 cm³/mol. The molecule has 0 aliphatic heterocycles. The van der Waals surface area contributed by atoms with Gasteiger partial charge in [-0.25, -0.2) is 0 Å². The second-order valence-corrected chi connectivity index (χ2v) is 7.54. The number of rotatable bonds is 4. The molecule has 0 radical (unpaired) electrons. The summed E-state index contributed by atoms with van der Waals surface area (Å²) in [6, 6.07) is 15.4. The summed E-state index contributed by atoms with van der Waals surface area (Å²) in [5, 5.41) is 5.50. The molecule has 4 nitrogen and oxygen atoms in total. The van der Waals surface area contributed by atoms with Crippen LogP contribution >= 0.6 is 0 Å². The fourth-order valence-corrected chi connectivity index (χ4v) is 2.81. The Hall–Kier alpha value is -2.62. The number of benzene rings is 2. The van der Waals surface area contributed by atoms with Crippen molar-refractivity contribution >= 4 is 17.5 Å². The lowest BCUT2D eigenvalue weighted by molar-refractivity contribution is -0.136. The van der Waals surface area contributed by atoms with Crippen molar-refractivity contribution < 1.29 is 9.59 Å². The van der Waals surface area contributed by atoms with Gasteiger partial charge in [-0.05, 0) is 41.5 Å². The molecule has 2 N–H and O–H groups in total. The van der Waals surface area contributed by atoms with Gasteiger partial charge in [0.25, 0.3) is 0 Å². The van der Waals surface area contributed by atoms with Crippen LogP contribution < -0.4 is 10.6 Å². The van der Waals surface area contributed by atoms with Crippen molar-refractivity contribution in [1.29, 1.82) is 0 Å². The van der Waals surface area contributed by atoms with Crippen LogP contribution in [-0.2, 0) is 21.4 Å². The molecular formula is C22H28N2O2. The lowest BCUT2D eigenvalue weighted by Crippen LogP contribution is -2.37.